The van der Waals surface area contributed by atoms with Crippen molar-refractivity contribution in [2.45, 2.75) is 0 Å². The van der Waals surface area contributed by atoms with Crippen molar-refractivity contribution in [1.29, 1.82) is 0 Å². The number of hydrogen-bond acceptors (Lipinski definition) is 0. The molecule has 0 rings (SSSR count). The van der Waals surface area contributed by atoms with Gasteiger partial charge in [0.1, 0.15) is 0 Å². The van der Waals surface area contributed by atoms with E-state index in [2.05, 4.69) is 0 Å². The van der Waals surface area contributed by atoms with E-state index >= 15 is 0 Å². The van der Waals surface area contributed by atoms with Gasteiger partial charge in [0.2, 0.25) is 0 Å². The minimum Gasteiger partial charge on any atom is -1.00 e. The van der Waals surface area contributed by atoms with E-state index in [0.717, 1.165) is 0 Å². The van der Waals surface area contributed by atoms with Crippen LogP contribution in [0.4, 0.5) is 0 Å². The van der Waals surface area contributed by atoms with Crippen molar-refractivity contribution in [1.82, 2.24) is 0 Å². The summed E-state index contributed by atoms with van der Waals surface area (Å²) in [6.45, 7) is 0. The van der Waals surface area contributed by atoms with Gasteiger partial charge in [-0.1, -0.05) is 0 Å². The van der Waals surface area contributed by atoms with Crippen LogP contribution < -0.4 is 29.6 Å². The summed E-state index contributed by atoms with van der Waals surface area (Å²) in [7, 11) is 0. The largest absolute Gasteiger partial charge is 1.00 e. The van der Waals surface area contributed by atoms with Crippen molar-refractivity contribution in [3.05, 3.63) is 0 Å². The van der Waals surface area contributed by atoms with Crippen LogP contribution in [0.1, 0.15) is 1.43 Å². The summed E-state index contributed by atoms with van der Waals surface area (Å²) < 4.78 is 0. The average molecular weight is 178 g/mol. The topological polar surface area (TPSA) is 63.0 Å². The van der Waals surface area contributed by atoms with E-state index in [-0.39, 0.29) is 75.5 Å². The summed E-state index contributed by atoms with van der Waals surface area (Å²) in [5.41, 5.74) is 0. The van der Waals surface area contributed by atoms with E-state index in [1.165, 1.54) is 0 Å². The van der Waals surface area contributed by atoms with Crippen LogP contribution in [0.25, 0.3) is 0 Å². The molecule has 0 aromatic carbocycles. The van der Waals surface area contributed by atoms with E-state index in [9.17, 15) is 0 Å². The Kier molecular flexibility index (Phi) is 505. The van der Waals surface area contributed by atoms with Crippen LogP contribution in [0.15, 0.2) is 0 Å². The molecule has 0 amide bonds. The van der Waals surface area contributed by atoms with Crippen molar-refractivity contribution in [3.8, 4) is 0 Å². The molecule has 0 bridgehead atoms. The fourth-order valence-corrected chi connectivity index (χ4v) is 0. The first-order valence-electron chi connectivity index (χ1n) is 0. The van der Waals surface area contributed by atoms with Gasteiger partial charge in [0.15, 0.2) is 0 Å². The molecular formula is H5Co2NaO2. The second-order valence-electron chi connectivity index (χ2n) is 0. The Balaban J connectivity index is 0. The van der Waals surface area contributed by atoms with Gasteiger partial charge in [-0.3, -0.25) is 0 Å². The molecule has 0 saturated heterocycles. The Labute approximate surface area is 74.9 Å². The zero-order valence-corrected chi connectivity index (χ0v) is 6.75. The van der Waals surface area contributed by atoms with E-state index in [1.54, 1.807) is 0 Å². The van der Waals surface area contributed by atoms with Crippen molar-refractivity contribution < 1.29 is 75.5 Å². The summed E-state index contributed by atoms with van der Waals surface area (Å²) >= 11 is 0. The van der Waals surface area contributed by atoms with E-state index in [0.29, 0.717) is 0 Å². The van der Waals surface area contributed by atoms with Gasteiger partial charge in [-0.05, 0) is 0 Å². The first-order valence-corrected chi connectivity index (χ1v) is 0. The van der Waals surface area contributed by atoms with E-state index in [4.69, 9.17) is 0 Å². The van der Waals surface area contributed by atoms with Gasteiger partial charge in [0.25, 0.3) is 0 Å². The fourth-order valence-electron chi connectivity index (χ4n) is 0. The first-order chi connectivity index (χ1) is 0. The standard InChI is InChI=1S/2Co.Na.2H2O.H/h;;;2*1H2;/q;;+1;;;-1. The molecule has 0 aliphatic carbocycles. The fraction of sp³-hybridized carbons (Fsp3) is 0. The third-order valence-corrected chi connectivity index (χ3v) is 0. The van der Waals surface area contributed by atoms with Crippen molar-refractivity contribution in [3.63, 3.8) is 0 Å². The summed E-state index contributed by atoms with van der Waals surface area (Å²) in [6.07, 6.45) is 0. The predicted octanol–water partition coefficient (Wildman–Crippen LogP) is -4.54. The van der Waals surface area contributed by atoms with E-state index < -0.39 is 0 Å². The molecule has 0 aliphatic heterocycles. The molecule has 0 heterocycles. The molecule has 0 aliphatic rings. The molecule has 0 spiro atoms. The Hall–Kier alpha value is 1.93. The van der Waals surface area contributed by atoms with Crippen LogP contribution in [0.5, 0.6) is 0 Å². The number of hydrogen-bond donors (Lipinski definition) is 0. The maximum atomic E-state index is 0. The second-order valence-corrected chi connectivity index (χ2v) is 0. The number of rotatable bonds is 0. The molecule has 0 aromatic rings. The van der Waals surface area contributed by atoms with Crippen LogP contribution in [-0.4, -0.2) is 11.0 Å². The van der Waals surface area contributed by atoms with Crippen LogP contribution in [-0.2, 0) is 33.6 Å². The molecule has 2 nitrogen and oxygen atoms in total. The average Bonchev–Trinajstić information content (AvgIpc) is 0. The summed E-state index contributed by atoms with van der Waals surface area (Å²) in [4.78, 5) is 0. The summed E-state index contributed by atoms with van der Waals surface area (Å²) in [5, 5.41) is 0. The molecule has 2 radical (unpaired) electrons. The maximum absolute atomic E-state index is 0. The van der Waals surface area contributed by atoms with Gasteiger partial charge >= 0.3 is 29.6 Å². The maximum Gasteiger partial charge on any atom is 1.00 e. The Morgan fingerprint density at radius 1 is 0.800 bits per heavy atom. The van der Waals surface area contributed by atoms with E-state index in [1.807, 2.05) is 0 Å². The molecule has 0 aromatic heterocycles. The molecule has 0 atom stereocenters. The molecule has 4 N–H and O–H groups in total. The predicted molar refractivity (Wildman–Crippen MR) is 8.34 cm³/mol. The van der Waals surface area contributed by atoms with Gasteiger partial charge in [-0.25, -0.2) is 0 Å². The third-order valence-electron chi connectivity index (χ3n) is 0. The Morgan fingerprint density at radius 2 is 0.800 bits per heavy atom. The minimum absolute atomic E-state index is 0. The molecule has 5 heavy (non-hydrogen) atoms. The molecule has 0 saturated carbocycles. The van der Waals surface area contributed by atoms with Crippen molar-refractivity contribution in [2.24, 2.45) is 0 Å². The summed E-state index contributed by atoms with van der Waals surface area (Å²) in [6, 6.07) is 0. The van der Waals surface area contributed by atoms with Crippen LogP contribution >= 0.6 is 0 Å². The van der Waals surface area contributed by atoms with Crippen molar-refractivity contribution >= 4 is 0 Å². The van der Waals surface area contributed by atoms with Crippen LogP contribution in [0, 0.1) is 0 Å². The van der Waals surface area contributed by atoms with Gasteiger partial charge in [0.05, 0.1) is 0 Å². The molecule has 36 valence electrons. The SMILES string of the molecule is O.O.[Co].[Co].[H-].[Na+]. The molecule has 0 fully saturated rings. The Morgan fingerprint density at radius 3 is 0.800 bits per heavy atom. The van der Waals surface area contributed by atoms with Crippen LogP contribution in [0.3, 0.4) is 0 Å². The zero-order valence-electron chi connectivity index (χ0n) is 3.67. The van der Waals surface area contributed by atoms with Gasteiger partial charge in [0, 0.05) is 33.6 Å². The Bertz CT molecular complexity index is 11.5. The van der Waals surface area contributed by atoms with Crippen LogP contribution in [0.2, 0.25) is 0 Å². The molecule has 5 heteroatoms. The first kappa shape index (κ1) is 65.3. The molecular weight excluding hydrogens is 173 g/mol. The van der Waals surface area contributed by atoms with Crippen molar-refractivity contribution in [2.75, 3.05) is 0 Å². The second kappa shape index (κ2) is 38.6. The quantitative estimate of drug-likeness (QED) is 0.335. The summed E-state index contributed by atoms with van der Waals surface area (Å²) in [5.74, 6) is 0. The smallest absolute Gasteiger partial charge is 1.00 e. The van der Waals surface area contributed by atoms with Gasteiger partial charge in [-0.15, -0.1) is 0 Å². The monoisotopic (exact) mass is 178 g/mol. The molecule has 0 unspecified atom stereocenters. The normalized spacial score (nSPS) is 0. The van der Waals surface area contributed by atoms with Gasteiger partial charge in [-0.2, -0.15) is 0 Å². The van der Waals surface area contributed by atoms with Gasteiger partial charge < -0.3 is 12.4 Å². The zero-order chi connectivity index (χ0) is 0. The minimum atomic E-state index is 0. The third kappa shape index (κ3) is 24.6.